The number of allylic oxidation sites excluding steroid dienone is 1. The van der Waals surface area contributed by atoms with E-state index in [0.717, 1.165) is 43.7 Å². The van der Waals surface area contributed by atoms with Gasteiger partial charge >= 0.3 is 0 Å². The smallest absolute Gasteiger partial charge is 0.288 e. The molecule has 2 heterocycles. The Bertz CT molecular complexity index is 681. The number of ether oxygens (including phenoxy) is 3. The predicted molar refractivity (Wildman–Crippen MR) is 111 cm³/mol. The van der Waals surface area contributed by atoms with E-state index in [4.69, 9.17) is 14.2 Å². The highest BCUT2D eigenvalue weighted by Crippen LogP contribution is 2.40. The maximum Gasteiger partial charge on any atom is 0.288 e. The largest absolute Gasteiger partial charge is 0.497 e. The Balaban J connectivity index is 1.92. The SMILES string of the molecule is CCO[C@@H]1OC(C(=O)N2CCCCC2)=C[C@H](c2ccc(OC)cc2)[C@H]1CCCO. The molecule has 160 valence electrons. The quantitative estimate of drug-likeness (QED) is 0.720. The van der Waals surface area contributed by atoms with Crippen molar-refractivity contribution in [3.63, 3.8) is 0 Å². The number of methoxy groups -OCH3 is 1. The molecule has 3 atom stereocenters. The molecule has 0 aliphatic carbocycles. The lowest BCUT2D eigenvalue weighted by Gasteiger charge is -2.38. The summed E-state index contributed by atoms with van der Waals surface area (Å²) >= 11 is 0. The molecule has 0 bridgehead atoms. The molecule has 2 aliphatic heterocycles. The lowest BCUT2D eigenvalue weighted by atomic mass is 9.80. The maximum absolute atomic E-state index is 13.1. The molecular formula is C23H33NO5. The van der Waals surface area contributed by atoms with Gasteiger partial charge in [-0.15, -0.1) is 0 Å². The van der Waals surface area contributed by atoms with Crippen LogP contribution in [0.3, 0.4) is 0 Å². The van der Waals surface area contributed by atoms with Crippen LogP contribution in [0.1, 0.15) is 50.5 Å². The van der Waals surface area contributed by atoms with E-state index in [0.29, 0.717) is 18.8 Å². The summed E-state index contributed by atoms with van der Waals surface area (Å²) in [6.45, 7) is 4.11. The zero-order chi connectivity index (χ0) is 20.6. The molecule has 0 radical (unpaired) electrons. The average molecular weight is 404 g/mol. The van der Waals surface area contributed by atoms with Crippen LogP contribution in [-0.2, 0) is 14.3 Å². The monoisotopic (exact) mass is 403 g/mol. The number of aliphatic hydroxyl groups excluding tert-OH is 1. The normalized spacial score (nSPS) is 24.6. The number of likely N-dealkylation sites (tertiary alicyclic amines) is 1. The first-order valence-corrected chi connectivity index (χ1v) is 10.7. The Morgan fingerprint density at radius 2 is 1.93 bits per heavy atom. The average Bonchev–Trinajstić information content (AvgIpc) is 2.78. The van der Waals surface area contributed by atoms with Crippen LogP contribution >= 0.6 is 0 Å². The Hall–Kier alpha value is -2.05. The van der Waals surface area contributed by atoms with Crippen molar-refractivity contribution in [2.45, 2.75) is 51.2 Å². The van der Waals surface area contributed by atoms with Crippen LogP contribution < -0.4 is 4.74 Å². The van der Waals surface area contributed by atoms with Crippen LogP contribution in [0.5, 0.6) is 5.75 Å². The maximum atomic E-state index is 13.1. The topological polar surface area (TPSA) is 68.2 Å². The van der Waals surface area contributed by atoms with E-state index in [1.807, 2.05) is 42.2 Å². The van der Waals surface area contributed by atoms with Crippen LogP contribution in [0.2, 0.25) is 0 Å². The molecule has 29 heavy (non-hydrogen) atoms. The first-order chi connectivity index (χ1) is 14.2. The van der Waals surface area contributed by atoms with Crippen LogP contribution in [-0.4, -0.2) is 55.6 Å². The van der Waals surface area contributed by atoms with E-state index >= 15 is 0 Å². The second kappa shape index (κ2) is 10.6. The zero-order valence-corrected chi connectivity index (χ0v) is 17.5. The highest BCUT2D eigenvalue weighted by molar-refractivity contribution is 5.91. The number of amides is 1. The second-order valence-electron chi connectivity index (χ2n) is 7.65. The van der Waals surface area contributed by atoms with Crippen molar-refractivity contribution >= 4 is 5.91 Å². The number of rotatable bonds is 8. The van der Waals surface area contributed by atoms with Crippen LogP contribution in [0.4, 0.5) is 0 Å². The predicted octanol–water partition coefficient (Wildman–Crippen LogP) is 3.46. The first kappa shape index (κ1) is 21.7. The molecule has 1 N–H and O–H groups in total. The van der Waals surface area contributed by atoms with Gasteiger partial charge in [-0.2, -0.15) is 0 Å². The number of carbonyl (C=O) groups excluding carboxylic acids is 1. The minimum Gasteiger partial charge on any atom is -0.497 e. The van der Waals surface area contributed by atoms with Gasteiger partial charge in [0.25, 0.3) is 5.91 Å². The van der Waals surface area contributed by atoms with Gasteiger partial charge in [0.15, 0.2) is 5.76 Å². The van der Waals surface area contributed by atoms with Gasteiger partial charge in [0, 0.05) is 38.1 Å². The van der Waals surface area contributed by atoms with E-state index in [1.165, 1.54) is 6.42 Å². The summed E-state index contributed by atoms with van der Waals surface area (Å²) in [5.74, 6) is 1.12. The van der Waals surface area contributed by atoms with Crippen molar-refractivity contribution < 1.29 is 24.1 Å². The van der Waals surface area contributed by atoms with E-state index in [-0.39, 0.29) is 24.3 Å². The third-order valence-corrected chi connectivity index (χ3v) is 5.77. The second-order valence-corrected chi connectivity index (χ2v) is 7.65. The lowest BCUT2D eigenvalue weighted by molar-refractivity contribution is -0.170. The molecule has 6 heteroatoms. The van der Waals surface area contributed by atoms with Gasteiger partial charge in [0.05, 0.1) is 7.11 Å². The van der Waals surface area contributed by atoms with Gasteiger partial charge in [-0.05, 0) is 62.8 Å². The minimum atomic E-state index is -0.507. The lowest BCUT2D eigenvalue weighted by Crippen LogP contribution is -2.42. The van der Waals surface area contributed by atoms with Gasteiger partial charge in [0.1, 0.15) is 5.75 Å². The molecule has 1 fully saturated rings. The van der Waals surface area contributed by atoms with Crippen LogP contribution in [0.25, 0.3) is 0 Å². The summed E-state index contributed by atoms with van der Waals surface area (Å²) in [5.41, 5.74) is 1.09. The van der Waals surface area contributed by atoms with Gasteiger partial charge < -0.3 is 24.2 Å². The summed E-state index contributed by atoms with van der Waals surface area (Å²) in [6, 6.07) is 7.93. The van der Waals surface area contributed by atoms with Crippen LogP contribution in [0, 0.1) is 5.92 Å². The van der Waals surface area contributed by atoms with E-state index in [9.17, 15) is 9.90 Å². The van der Waals surface area contributed by atoms with Crippen LogP contribution in [0.15, 0.2) is 36.1 Å². The van der Waals surface area contributed by atoms with Gasteiger partial charge in [-0.1, -0.05) is 12.1 Å². The van der Waals surface area contributed by atoms with Gasteiger partial charge in [-0.25, -0.2) is 0 Å². The number of nitrogens with zero attached hydrogens (tertiary/aromatic N) is 1. The van der Waals surface area contributed by atoms with Crippen molar-refractivity contribution in [3.8, 4) is 5.75 Å². The third-order valence-electron chi connectivity index (χ3n) is 5.77. The molecular weight excluding hydrogens is 370 g/mol. The Kier molecular flexibility index (Phi) is 7.95. The fourth-order valence-corrected chi connectivity index (χ4v) is 4.22. The Labute approximate surface area is 173 Å². The number of aliphatic hydroxyl groups is 1. The molecule has 1 saturated heterocycles. The van der Waals surface area contributed by atoms with E-state index < -0.39 is 6.29 Å². The highest BCUT2D eigenvalue weighted by atomic mass is 16.7. The molecule has 0 saturated carbocycles. The first-order valence-electron chi connectivity index (χ1n) is 10.7. The number of hydrogen-bond donors (Lipinski definition) is 1. The molecule has 2 aliphatic rings. The van der Waals surface area contributed by atoms with Gasteiger partial charge in [-0.3, -0.25) is 4.79 Å². The summed E-state index contributed by atoms with van der Waals surface area (Å²) in [5, 5.41) is 9.37. The highest BCUT2D eigenvalue weighted by Gasteiger charge is 2.38. The fourth-order valence-electron chi connectivity index (χ4n) is 4.22. The molecule has 3 rings (SSSR count). The molecule has 0 unspecified atom stereocenters. The summed E-state index contributed by atoms with van der Waals surface area (Å²) in [4.78, 5) is 15.0. The molecule has 0 aromatic heterocycles. The molecule has 1 aromatic carbocycles. The summed E-state index contributed by atoms with van der Waals surface area (Å²) in [7, 11) is 1.65. The number of piperidine rings is 1. The molecule has 6 nitrogen and oxygen atoms in total. The fraction of sp³-hybridized carbons (Fsp3) is 0.609. The standard InChI is InChI=1S/C23H33NO5/c1-3-28-23-19(8-7-15-25)20(17-9-11-18(27-2)12-10-17)16-21(29-23)22(26)24-13-5-4-6-14-24/h9-12,16,19-20,23,25H,3-8,13-15H2,1-2H3/t19-,20-,23-/m1/s1. The number of hydrogen-bond acceptors (Lipinski definition) is 5. The van der Waals surface area contributed by atoms with Crippen molar-refractivity contribution in [3.05, 3.63) is 41.7 Å². The third kappa shape index (κ3) is 5.31. The van der Waals surface area contributed by atoms with Crippen molar-refractivity contribution in [2.75, 3.05) is 33.4 Å². The molecule has 0 spiro atoms. The molecule has 1 amide bonds. The van der Waals surface area contributed by atoms with Crippen molar-refractivity contribution in [1.82, 2.24) is 4.90 Å². The number of benzene rings is 1. The van der Waals surface area contributed by atoms with Gasteiger partial charge in [0.2, 0.25) is 6.29 Å². The number of carbonyl (C=O) groups is 1. The van der Waals surface area contributed by atoms with E-state index in [2.05, 4.69) is 0 Å². The van der Waals surface area contributed by atoms with E-state index in [1.54, 1.807) is 7.11 Å². The zero-order valence-electron chi connectivity index (χ0n) is 17.5. The molecule has 1 aromatic rings. The van der Waals surface area contributed by atoms with Crippen molar-refractivity contribution in [1.29, 1.82) is 0 Å². The van der Waals surface area contributed by atoms with Crippen molar-refractivity contribution in [2.24, 2.45) is 5.92 Å². The Morgan fingerprint density at radius 3 is 2.55 bits per heavy atom. The summed E-state index contributed by atoms with van der Waals surface area (Å²) in [6.07, 6.45) is 6.10. The minimum absolute atomic E-state index is 0.0217. The summed E-state index contributed by atoms with van der Waals surface area (Å²) < 4.78 is 17.3. The Morgan fingerprint density at radius 1 is 1.21 bits per heavy atom.